The van der Waals surface area contributed by atoms with Crippen LogP contribution >= 0.6 is 23.4 Å². The van der Waals surface area contributed by atoms with Gasteiger partial charge in [-0.15, -0.1) is 11.4 Å². The van der Waals surface area contributed by atoms with Crippen LogP contribution in [0.2, 0.25) is 5.02 Å². The Bertz CT molecular complexity index is 530. The van der Waals surface area contributed by atoms with E-state index in [1.165, 1.54) is 4.90 Å². The van der Waals surface area contributed by atoms with Gasteiger partial charge in [-0.2, -0.15) is 0 Å². The molecule has 0 atom stereocenters. The van der Waals surface area contributed by atoms with E-state index in [1.807, 2.05) is 36.4 Å². The summed E-state index contributed by atoms with van der Waals surface area (Å²) in [7, 11) is 0. The Morgan fingerprint density at radius 1 is 0.938 bits per heavy atom. The van der Waals surface area contributed by atoms with Gasteiger partial charge in [0.15, 0.2) is 0 Å². The van der Waals surface area contributed by atoms with Gasteiger partial charge in [0.05, 0.1) is 0 Å². The van der Waals surface area contributed by atoms with Gasteiger partial charge in [0.25, 0.3) is 0 Å². The van der Waals surface area contributed by atoms with E-state index in [-0.39, 0.29) is 18.9 Å². The van der Waals surface area contributed by atoms with Gasteiger partial charge in [-0.05, 0) is 28.0 Å². The molecule has 0 bridgehead atoms. The first-order valence-corrected chi connectivity index (χ1v) is 5.80. The molecular formula is C12H7ClLiNS. The molecule has 0 saturated heterocycles. The molecule has 0 N–H and O–H groups in total. The van der Waals surface area contributed by atoms with Crippen LogP contribution in [0.5, 0.6) is 0 Å². The first-order valence-electron chi connectivity index (χ1n) is 4.61. The van der Waals surface area contributed by atoms with Gasteiger partial charge in [0.1, 0.15) is 0 Å². The molecule has 1 aliphatic rings. The van der Waals surface area contributed by atoms with Gasteiger partial charge in [-0.1, -0.05) is 47.6 Å². The van der Waals surface area contributed by atoms with E-state index >= 15 is 0 Å². The van der Waals surface area contributed by atoms with Crippen molar-refractivity contribution in [3.63, 3.8) is 0 Å². The van der Waals surface area contributed by atoms with E-state index in [0.717, 1.165) is 21.3 Å². The number of benzene rings is 2. The van der Waals surface area contributed by atoms with Crippen LogP contribution in [0.25, 0.3) is 5.32 Å². The van der Waals surface area contributed by atoms with E-state index < -0.39 is 0 Å². The van der Waals surface area contributed by atoms with Gasteiger partial charge < -0.3 is 5.32 Å². The zero-order valence-corrected chi connectivity index (χ0v) is 10.3. The zero-order valence-electron chi connectivity index (χ0n) is 8.77. The van der Waals surface area contributed by atoms with Crippen LogP contribution in [-0.2, 0) is 0 Å². The van der Waals surface area contributed by atoms with Gasteiger partial charge in [-0.3, -0.25) is 0 Å². The first-order chi connectivity index (χ1) is 7.33. The van der Waals surface area contributed by atoms with E-state index in [4.69, 9.17) is 11.6 Å². The average Bonchev–Trinajstić information content (AvgIpc) is 2.26. The Balaban J connectivity index is 0.000000963. The molecule has 0 aliphatic carbocycles. The SMILES string of the molecule is Clc1ccc2c(c1)[N-]c1ccccc1S2.[Li+]. The molecule has 1 nitrogen and oxygen atoms in total. The average molecular weight is 240 g/mol. The molecule has 0 spiro atoms. The Morgan fingerprint density at radius 3 is 2.56 bits per heavy atom. The third-order valence-corrected chi connectivity index (χ3v) is 3.61. The van der Waals surface area contributed by atoms with Crippen LogP contribution in [0.15, 0.2) is 52.3 Å². The molecule has 0 saturated carbocycles. The summed E-state index contributed by atoms with van der Waals surface area (Å²) < 4.78 is 0. The quantitative estimate of drug-likeness (QED) is 0.549. The zero-order chi connectivity index (χ0) is 10.3. The number of para-hydroxylation sites is 1. The van der Waals surface area contributed by atoms with Gasteiger partial charge in [-0.25, -0.2) is 0 Å². The summed E-state index contributed by atoms with van der Waals surface area (Å²) in [6.07, 6.45) is 0. The standard InChI is InChI=1S/C12H7ClNS.Li/c13-8-5-6-12-10(7-8)14-9-3-1-2-4-11(9)15-12;/h1-7H;/q-1;+1. The molecule has 0 aromatic heterocycles. The van der Waals surface area contributed by atoms with Crippen LogP contribution in [0, 0.1) is 0 Å². The maximum atomic E-state index is 5.93. The molecule has 2 aromatic rings. The summed E-state index contributed by atoms with van der Waals surface area (Å²) in [5.74, 6) is 0. The summed E-state index contributed by atoms with van der Waals surface area (Å²) in [5, 5.41) is 5.30. The maximum absolute atomic E-state index is 5.93. The first kappa shape index (κ1) is 11.9. The topological polar surface area (TPSA) is 14.1 Å². The fraction of sp³-hybridized carbons (Fsp3) is 0. The van der Waals surface area contributed by atoms with Crippen LogP contribution in [0.3, 0.4) is 0 Å². The van der Waals surface area contributed by atoms with Crippen molar-refractivity contribution in [2.75, 3.05) is 0 Å². The molecule has 3 rings (SSSR count). The molecule has 0 amide bonds. The van der Waals surface area contributed by atoms with Crippen molar-refractivity contribution in [1.82, 2.24) is 0 Å². The van der Waals surface area contributed by atoms with Crippen molar-refractivity contribution in [2.45, 2.75) is 9.79 Å². The number of hydrogen-bond acceptors (Lipinski definition) is 1. The number of halogens is 1. The van der Waals surface area contributed by atoms with Crippen LogP contribution in [0.4, 0.5) is 11.4 Å². The second-order valence-corrected chi connectivity index (χ2v) is 4.81. The van der Waals surface area contributed by atoms with Gasteiger partial charge in [0.2, 0.25) is 0 Å². The monoisotopic (exact) mass is 239 g/mol. The summed E-state index contributed by atoms with van der Waals surface area (Å²) in [6, 6.07) is 14.0. The minimum atomic E-state index is 0. The fourth-order valence-corrected chi connectivity index (χ4v) is 2.66. The second-order valence-electron chi connectivity index (χ2n) is 3.29. The Labute approximate surface area is 116 Å². The summed E-state index contributed by atoms with van der Waals surface area (Å²) >= 11 is 7.67. The molecular weight excluding hydrogens is 233 g/mol. The fourth-order valence-electron chi connectivity index (χ4n) is 1.55. The number of rotatable bonds is 0. The van der Waals surface area contributed by atoms with Crippen molar-refractivity contribution in [3.05, 3.63) is 52.8 Å². The Hall–Kier alpha value is -0.523. The maximum Gasteiger partial charge on any atom is 1.00 e. The van der Waals surface area contributed by atoms with E-state index in [0.29, 0.717) is 0 Å². The van der Waals surface area contributed by atoms with Crippen LogP contribution < -0.4 is 18.9 Å². The van der Waals surface area contributed by atoms with E-state index in [1.54, 1.807) is 11.8 Å². The molecule has 74 valence electrons. The predicted octanol–water partition coefficient (Wildman–Crippen LogP) is 2.15. The van der Waals surface area contributed by atoms with Gasteiger partial charge >= 0.3 is 18.9 Å². The molecule has 0 fully saturated rings. The van der Waals surface area contributed by atoms with Crippen molar-refractivity contribution >= 4 is 34.7 Å². The van der Waals surface area contributed by atoms with E-state index in [9.17, 15) is 0 Å². The Kier molecular flexibility index (Phi) is 3.56. The molecule has 4 heteroatoms. The van der Waals surface area contributed by atoms with Crippen molar-refractivity contribution in [2.24, 2.45) is 0 Å². The number of hydrogen-bond donors (Lipinski definition) is 0. The Morgan fingerprint density at radius 2 is 1.69 bits per heavy atom. The minimum absolute atomic E-state index is 0. The molecule has 1 heterocycles. The number of fused-ring (bicyclic) bond motifs is 2. The summed E-state index contributed by atoms with van der Waals surface area (Å²) in [5.41, 5.74) is 1.99. The van der Waals surface area contributed by atoms with Crippen molar-refractivity contribution < 1.29 is 18.9 Å². The van der Waals surface area contributed by atoms with Crippen molar-refractivity contribution in [3.8, 4) is 0 Å². The minimum Gasteiger partial charge on any atom is -0.656 e. The molecule has 0 radical (unpaired) electrons. The van der Waals surface area contributed by atoms with Crippen LogP contribution in [0.1, 0.15) is 0 Å². The molecule has 0 unspecified atom stereocenters. The third kappa shape index (κ3) is 2.12. The second kappa shape index (κ2) is 4.77. The summed E-state index contributed by atoms with van der Waals surface area (Å²) in [6.45, 7) is 0. The largest absolute Gasteiger partial charge is 1.00 e. The molecule has 2 aromatic carbocycles. The normalized spacial score (nSPS) is 11.8. The molecule has 16 heavy (non-hydrogen) atoms. The predicted molar refractivity (Wildman–Crippen MR) is 64.7 cm³/mol. The smallest absolute Gasteiger partial charge is 0.656 e. The molecule has 1 aliphatic heterocycles. The van der Waals surface area contributed by atoms with E-state index in [2.05, 4.69) is 11.4 Å². The van der Waals surface area contributed by atoms with Crippen molar-refractivity contribution in [1.29, 1.82) is 0 Å². The number of nitrogens with zero attached hydrogens (tertiary/aromatic N) is 1. The van der Waals surface area contributed by atoms with Crippen LogP contribution in [-0.4, -0.2) is 0 Å². The summed E-state index contributed by atoms with van der Waals surface area (Å²) in [4.78, 5) is 2.37. The van der Waals surface area contributed by atoms with Gasteiger partial charge in [0, 0.05) is 5.02 Å². The third-order valence-electron chi connectivity index (χ3n) is 2.25.